The fourth-order valence-corrected chi connectivity index (χ4v) is 3.33. The molecule has 3 heterocycles. The third-order valence-electron chi connectivity index (χ3n) is 4.85. The van der Waals surface area contributed by atoms with Gasteiger partial charge in [-0.3, -0.25) is 4.79 Å². The second-order valence-corrected chi connectivity index (χ2v) is 7.04. The van der Waals surface area contributed by atoms with Gasteiger partial charge in [0.05, 0.1) is 0 Å². The first-order chi connectivity index (χ1) is 12.1. The molecule has 0 aromatic carbocycles. The Morgan fingerprint density at radius 2 is 1.92 bits per heavy atom. The van der Waals surface area contributed by atoms with Crippen LogP contribution in [0.2, 0.25) is 0 Å². The van der Waals surface area contributed by atoms with Gasteiger partial charge in [0.2, 0.25) is 0 Å². The van der Waals surface area contributed by atoms with E-state index in [1.54, 1.807) is 6.07 Å². The van der Waals surface area contributed by atoms with Crippen molar-refractivity contribution in [2.75, 3.05) is 18.0 Å². The van der Waals surface area contributed by atoms with Crippen LogP contribution in [0.4, 0.5) is 5.82 Å². The van der Waals surface area contributed by atoms with Crippen LogP contribution in [0.3, 0.4) is 0 Å². The van der Waals surface area contributed by atoms with Crippen LogP contribution < -0.4 is 10.2 Å². The summed E-state index contributed by atoms with van der Waals surface area (Å²) >= 11 is 0. The second kappa shape index (κ2) is 6.46. The van der Waals surface area contributed by atoms with E-state index in [1.807, 2.05) is 19.9 Å². The molecule has 132 valence electrons. The molecule has 1 saturated heterocycles. The first-order valence-electron chi connectivity index (χ1n) is 8.93. The molecule has 25 heavy (non-hydrogen) atoms. The molecule has 7 heteroatoms. The summed E-state index contributed by atoms with van der Waals surface area (Å²) in [6.45, 7) is 5.64. The number of anilines is 1. The lowest BCUT2D eigenvalue weighted by Gasteiger charge is -2.33. The summed E-state index contributed by atoms with van der Waals surface area (Å²) in [6.07, 6.45) is 4.05. The molecule has 0 radical (unpaired) electrons. The van der Waals surface area contributed by atoms with Gasteiger partial charge in [0.15, 0.2) is 5.69 Å². The predicted octanol–water partition coefficient (Wildman–Crippen LogP) is 2.36. The molecule has 1 aliphatic heterocycles. The van der Waals surface area contributed by atoms with Crippen LogP contribution in [0.5, 0.6) is 0 Å². The van der Waals surface area contributed by atoms with Gasteiger partial charge in [0.25, 0.3) is 5.91 Å². The first kappa shape index (κ1) is 16.1. The Morgan fingerprint density at radius 1 is 1.16 bits per heavy atom. The Morgan fingerprint density at radius 3 is 2.60 bits per heavy atom. The SMILES string of the molecule is Cc1cc(N2CCC(NC(=O)c3cc(C4CC4)on3)CC2)nc(C)n1. The summed E-state index contributed by atoms with van der Waals surface area (Å²) in [6, 6.07) is 3.96. The number of aromatic nitrogens is 3. The van der Waals surface area contributed by atoms with Crippen molar-refractivity contribution in [1.29, 1.82) is 0 Å². The highest BCUT2D eigenvalue weighted by Crippen LogP contribution is 2.40. The average Bonchev–Trinajstić information content (AvgIpc) is 3.31. The zero-order valence-corrected chi connectivity index (χ0v) is 14.7. The highest BCUT2D eigenvalue weighted by atomic mass is 16.5. The Balaban J connectivity index is 1.32. The van der Waals surface area contributed by atoms with Crippen LogP contribution in [0.1, 0.15) is 59.4 Å². The van der Waals surface area contributed by atoms with E-state index in [-0.39, 0.29) is 11.9 Å². The molecule has 4 rings (SSSR count). The van der Waals surface area contributed by atoms with Gasteiger partial charge in [0.1, 0.15) is 17.4 Å². The topological polar surface area (TPSA) is 84.2 Å². The third kappa shape index (κ3) is 3.65. The molecule has 0 bridgehead atoms. The molecule has 1 saturated carbocycles. The number of hydrogen-bond donors (Lipinski definition) is 1. The Hall–Kier alpha value is -2.44. The van der Waals surface area contributed by atoms with E-state index in [0.717, 1.165) is 61.9 Å². The van der Waals surface area contributed by atoms with Crippen molar-refractivity contribution in [2.24, 2.45) is 0 Å². The summed E-state index contributed by atoms with van der Waals surface area (Å²) in [5.41, 5.74) is 1.38. The van der Waals surface area contributed by atoms with Crippen molar-refractivity contribution >= 4 is 11.7 Å². The third-order valence-corrected chi connectivity index (χ3v) is 4.85. The summed E-state index contributed by atoms with van der Waals surface area (Å²) in [4.78, 5) is 23.4. The van der Waals surface area contributed by atoms with E-state index in [9.17, 15) is 4.79 Å². The van der Waals surface area contributed by atoms with Gasteiger partial charge in [-0.05, 0) is 39.5 Å². The van der Waals surface area contributed by atoms with Crippen molar-refractivity contribution in [3.63, 3.8) is 0 Å². The van der Waals surface area contributed by atoms with Crippen LogP contribution in [0, 0.1) is 13.8 Å². The Labute approximate surface area is 146 Å². The Kier molecular flexibility index (Phi) is 4.15. The highest BCUT2D eigenvalue weighted by Gasteiger charge is 2.29. The van der Waals surface area contributed by atoms with E-state index in [2.05, 4.69) is 25.3 Å². The molecule has 0 unspecified atom stereocenters. The van der Waals surface area contributed by atoms with E-state index in [0.29, 0.717) is 11.6 Å². The summed E-state index contributed by atoms with van der Waals surface area (Å²) < 4.78 is 5.26. The van der Waals surface area contributed by atoms with Crippen molar-refractivity contribution in [2.45, 2.75) is 51.5 Å². The number of amides is 1. The van der Waals surface area contributed by atoms with Crippen molar-refractivity contribution in [3.8, 4) is 0 Å². The van der Waals surface area contributed by atoms with Crippen LogP contribution >= 0.6 is 0 Å². The van der Waals surface area contributed by atoms with Crippen LogP contribution in [0.15, 0.2) is 16.7 Å². The lowest BCUT2D eigenvalue weighted by molar-refractivity contribution is 0.0922. The molecule has 2 fully saturated rings. The number of rotatable bonds is 4. The number of aryl methyl sites for hydroxylation is 2. The van der Waals surface area contributed by atoms with Gasteiger partial charge in [0, 0.05) is 42.9 Å². The summed E-state index contributed by atoms with van der Waals surface area (Å²) in [5, 5.41) is 6.99. The molecule has 2 aromatic heterocycles. The monoisotopic (exact) mass is 341 g/mol. The average molecular weight is 341 g/mol. The maximum Gasteiger partial charge on any atom is 0.273 e. The maximum atomic E-state index is 12.3. The zero-order chi connectivity index (χ0) is 17.4. The minimum absolute atomic E-state index is 0.136. The zero-order valence-electron chi connectivity index (χ0n) is 14.7. The number of carbonyl (C=O) groups is 1. The van der Waals surface area contributed by atoms with Crippen molar-refractivity contribution in [1.82, 2.24) is 20.4 Å². The number of piperidine rings is 1. The molecule has 7 nitrogen and oxygen atoms in total. The smallest absolute Gasteiger partial charge is 0.273 e. The van der Waals surface area contributed by atoms with Gasteiger partial charge in [-0.2, -0.15) is 0 Å². The lowest BCUT2D eigenvalue weighted by Crippen LogP contribution is -2.45. The molecular formula is C18H23N5O2. The molecule has 1 amide bonds. The second-order valence-electron chi connectivity index (χ2n) is 7.04. The normalized spacial score (nSPS) is 18.4. The van der Waals surface area contributed by atoms with Gasteiger partial charge in [-0.1, -0.05) is 5.16 Å². The molecule has 1 N–H and O–H groups in total. The number of nitrogens with zero attached hydrogens (tertiary/aromatic N) is 4. The molecule has 0 atom stereocenters. The number of carbonyl (C=O) groups excluding carboxylic acids is 1. The van der Waals surface area contributed by atoms with E-state index in [1.165, 1.54) is 0 Å². The van der Waals surface area contributed by atoms with Gasteiger partial charge in [-0.25, -0.2) is 9.97 Å². The van der Waals surface area contributed by atoms with E-state index in [4.69, 9.17) is 4.52 Å². The minimum Gasteiger partial charge on any atom is -0.360 e. The summed E-state index contributed by atoms with van der Waals surface area (Å²) in [7, 11) is 0. The quantitative estimate of drug-likeness (QED) is 0.919. The van der Waals surface area contributed by atoms with Crippen LogP contribution in [0.25, 0.3) is 0 Å². The van der Waals surface area contributed by atoms with Gasteiger partial charge in [-0.15, -0.1) is 0 Å². The maximum absolute atomic E-state index is 12.3. The van der Waals surface area contributed by atoms with E-state index >= 15 is 0 Å². The van der Waals surface area contributed by atoms with Crippen LogP contribution in [-0.2, 0) is 0 Å². The number of hydrogen-bond acceptors (Lipinski definition) is 6. The fraction of sp³-hybridized carbons (Fsp3) is 0.556. The largest absolute Gasteiger partial charge is 0.360 e. The van der Waals surface area contributed by atoms with Crippen LogP contribution in [-0.4, -0.2) is 40.2 Å². The lowest BCUT2D eigenvalue weighted by atomic mass is 10.0. The van der Waals surface area contributed by atoms with Crippen molar-refractivity contribution in [3.05, 3.63) is 35.1 Å². The van der Waals surface area contributed by atoms with Gasteiger partial charge >= 0.3 is 0 Å². The standard InChI is InChI=1S/C18H23N5O2/c1-11-9-17(20-12(2)19-11)23-7-5-14(6-8-23)21-18(24)15-10-16(25-22-15)13-3-4-13/h9-10,13-14H,3-8H2,1-2H3,(H,21,24). The first-order valence-corrected chi connectivity index (χ1v) is 8.93. The number of nitrogens with one attached hydrogen (secondary N) is 1. The molecule has 2 aliphatic rings. The molecule has 0 spiro atoms. The predicted molar refractivity (Wildman–Crippen MR) is 92.7 cm³/mol. The molecular weight excluding hydrogens is 318 g/mol. The Bertz CT molecular complexity index is 755. The van der Waals surface area contributed by atoms with E-state index < -0.39 is 0 Å². The molecule has 2 aromatic rings. The molecule has 1 aliphatic carbocycles. The highest BCUT2D eigenvalue weighted by molar-refractivity contribution is 5.92. The fourth-order valence-electron chi connectivity index (χ4n) is 3.33. The van der Waals surface area contributed by atoms with Gasteiger partial charge < -0.3 is 14.7 Å². The van der Waals surface area contributed by atoms with Crippen molar-refractivity contribution < 1.29 is 9.32 Å². The summed E-state index contributed by atoms with van der Waals surface area (Å²) in [5.74, 6) is 2.94. The minimum atomic E-state index is -0.136.